The van der Waals surface area contributed by atoms with Gasteiger partial charge in [0, 0.05) is 11.3 Å². The second-order valence-corrected chi connectivity index (χ2v) is 6.94. The normalized spacial score (nSPS) is 11.3. The minimum atomic E-state index is -3.68. The molecule has 0 unspecified atom stereocenters. The van der Waals surface area contributed by atoms with Gasteiger partial charge < -0.3 is 5.32 Å². The first-order valence-electron chi connectivity index (χ1n) is 6.86. The van der Waals surface area contributed by atoms with Crippen LogP contribution in [-0.2, 0) is 10.0 Å². The zero-order valence-corrected chi connectivity index (χ0v) is 13.8. The number of sulfonamides is 1. The van der Waals surface area contributed by atoms with E-state index in [9.17, 15) is 17.6 Å². The quantitative estimate of drug-likeness (QED) is 0.901. The molecule has 5 nitrogen and oxygen atoms in total. The Hall–Kier alpha value is -2.25. The molecule has 0 bridgehead atoms. The van der Waals surface area contributed by atoms with Gasteiger partial charge in [0.05, 0.1) is 4.90 Å². The number of hydrogen-bond acceptors (Lipinski definition) is 3. The van der Waals surface area contributed by atoms with E-state index in [2.05, 4.69) is 10.0 Å². The summed E-state index contributed by atoms with van der Waals surface area (Å²) in [5.41, 5.74) is 1.73. The smallest absolute Gasteiger partial charge is 0.255 e. The van der Waals surface area contributed by atoms with Gasteiger partial charge in [-0.1, -0.05) is 6.07 Å². The number of rotatable bonds is 4. The van der Waals surface area contributed by atoms with Crippen LogP contribution in [0.3, 0.4) is 0 Å². The molecule has 1 amide bonds. The van der Waals surface area contributed by atoms with Crippen molar-refractivity contribution >= 4 is 21.6 Å². The van der Waals surface area contributed by atoms with Gasteiger partial charge in [-0.3, -0.25) is 4.79 Å². The number of halogens is 1. The van der Waals surface area contributed by atoms with Crippen molar-refractivity contribution in [2.45, 2.75) is 18.7 Å². The van der Waals surface area contributed by atoms with Gasteiger partial charge in [0.1, 0.15) is 5.82 Å². The second-order valence-electron chi connectivity index (χ2n) is 5.09. The monoisotopic (exact) mass is 336 g/mol. The molecule has 2 aromatic rings. The summed E-state index contributed by atoms with van der Waals surface area (Å²) in [5, 5.41) is 2.55. The van der Waals surface area contributed by atoms with Crippen molar-refractivity contribution in [3.05, 3.63) is 58.9 Å². The summed E-state index contributed by atoms with van der Waals surface area (Å²) in [6.45, 7) is 3.40. The summed E-state index contributed by atoms with van der Waals surface area (Å²) in [6, 6.07) is 8.38. The van der Waals surface area contributed by atoms with Crippen molar-refractivity contribution in [1.29, 1.82) is 0 Å². The van der Waals surface area contributed by atoms with E-state index in [1.165, 1.54) is 31.3 Å². The Kier molecular flexibility index (Phi) is 4.82. The first-order valence-corrected chi connectivity index (χ1v) is 8.34. The third-order valence-corrected chi connectivity index (χ3v) is 5.06. The summed E-state index contributed by atoms with van der Waals surface area (Å²) in [4.78, 5) is 12.4. The van der Waals surface area contributed by atoms with Crippen LogP contribution in [0.2, 0.25) is 0 Å². The molecular formula is C16H17FN2O3S. The Labute approximate surface area is 134 Å². The maximum atomic E-state index is 13.2. The largest absolute Gasteiger partial charge is 0.322 e. The molecule has 0 fully saturated rings. The van der Waals surface area contributed by atoms with Crippen LogP contribution in [0, 0.1) is 19.7 Å². The molecule has 0 heterocycles. The van der Waals surface area contributed by atoms with Gasteiger partial charge in [-0.2, -0.15) is 0 Å². The SMILES string of the molecule is CNS(=O)(=O)c1cc(C(=O)Nc2cccc(F)c2)cc(C)c1C. The molecule has 2 aromatic carbocycles. The average molecular weight is 336 g/mol. The molecule has 0 saturated carbocycles. The summed E-state index contributed by atoms with van der Waals surface area (Å²) in [7, 11) is -2.37. The number of nitrogens with one attached hydrogen (secondary N) is 2. The summed E-state index contributed by atoms with van der Waals surface area (Å²) in [5.74, 6) is -0.979. The zero-order valence-electron chi connectivity index (χ0n) is 13.0. The number of amides is 1. The van der Waals surface area contributed by atoms with Crippen molar-refractivity contribution in [2.24, 2.45) is 0 Å². The molecular weight excluding hydrogens is 319 g/mol. The van der Waals surface area contributed by atoms with E-state index in [-0.39, 0.29) is 10.5 Å². The first kappa shape index (κ1) is 17.1. The van der Waals surface area contributed by atoms with E-state index in [4.69, 9.17) is 0 Å². The standard InChI is InChI=1S/C16H17FN2O3S/c1-10-7-12(8-15(11(10)2)23(21,22)18-3)16(20)19-14-6-4-5-13(17)9-14/h4-9,18H,1-3H3,(H,19,20). The fraction of sp³-hybridized carbons (Fsp3) is 0.188. The Morgan fingerprint density at radius 1 is 1.13 bits per heavy atom. The molecule has 0 aliphatic heterocycles. The van der Waals surface area contributed by atoms with Crippen molar-refractivity contribution in [1.82, 2.24) is 4.72 Å². The molecule has 0 aliphatic rings. The third kappa shape index (κ3) is 3.75. The average Bonchev–Trinajstić information content (AvgIpc) is 2.49. The number of hydrogen-bond donors (Lipinski definition) is 2. The summed E-state index contributed by atoms with van der Waals surface area (Å²) in [6.07, 6.45) is 0. The number of aryl methyl sites for hydroxylation is 1. The van der Waals surface area contributed by atoms with Gasteiger partial charge in [-0.05, 0) is 62.4 Å². The van der Waals surface area contributed by atoms with Gasteiger partial charge in [0.2, 0.25) is 10.0 Å². The minimum absolute atomic E-state index is 0.0457. The second kappa shape index (κ2) is 6.47. The lowest BCUT2D eigenvalue weighted by Gasteiger charge is -2.12. The highest BCUT2D eigenvalue weighted by Crippen LogP contribution is 2.22. The van der Waals surface area contributed by atoms with E-state index < -0.39 is 21.7 Å². The molecule has 0 radical (unpaired) electrons. The molecule has 0 aromatic heterocycles. The van der Waals surface area contributed by atoms with Crippen LogP contribution in [0.15, 0.2) is 41.3 Å². The van der Waals surface area contributed by atoms with Crippen molar-refractivity contribution in [2.75, 3.05) is 12.4 Å². The molecule has 23 heavy (non-hydrogen) atoms. The summed E-state index contributed by atoms with van der Waals surface area (Å²) >= 11 is 0. The van der Waals surface area contributed by atoms with Crippen LogP contribution >= 0.6 is 0 Å². The lowest BCUT2D eigenvalue weighted by Crippen LogP contribution is -2.21. The van der Waals surface area contributed by atoms with Crippen molar-refractivity contribution in [3.63, 3.8) is 0 Å². The van der Waals surface area contributed by atoms with Gasteiger partial charge in [-0.15, -0.1) is 0 Å². The van der Waals surface area contributed by atoms with Crippen LogP contribution in [-0.4, -0.2) is 21.4 Å². The van der Waals surface area contributed by atoms with E-state index >= 15 is 0 Å². The lowest BCUT2D eigenvalue weighted by atomic mass is 10.1. The van der Waals surface area contributed by atoms with Crippen LogP contribution < -0.4 is 10.0 Å². The van der Waals surface area contributed by atoms with Gasteiger partial charge >= 0.3 is 0 Å². The molecule has 2 N–H and O–H groups in total. The predicted octanol–water partition coefficient (Wildman–Crippen LogP) is 2.60. The lowest BCUT2D eigenvalue weighted by molar-refractivity contribution is 0.102. The van der Waals surface area contributed by atoms with E-state index in [0.29, 0.717) is 16.8 Å². The van der Waals surface area contributed by atoms with Crippen molar-refractivity contribution < 1.29 is 17.6 Å². The van der Waals surface area contributed by atoms with Crippen LogP contribution in [0.5, 0.6) is 0 Å². The van der Waals surface area contributed by atoms with E-state index in [0.717, 1.165) is 0 Å². The molecule has 0 saturated heterocycles. The number of benzene rings is 2. The summed E-state index contributed by atoms with van der Waals surface area (Å²) < 4.78 is 39.5. The molecule has 0 aliphatic carbocycles. The number of anilines is 1. The topological polar surface area (TPSA) is 75.3 Å². The van der Waals surface area contributed by atoms with Crippen LogP contribution in [0.4, 0.5) is 10.1 Å². The van der Waals surface area contributed by atoms with Crippen LogP contribution in [0.25, 0.3) is 0 Å². The predicted molar refractivity (Wildman–Crippen MR) is 86.5 cm³/mol. The highest BCUT2D eigenvalue weighted by molar-refractivity contribution is 7.89. The van der Waals surface area contributed by atoms with Gasteiger partial charge in [0.25, 0.3) is 5.91 Å². The number of carbonyl (C=O) groups excluding carboxylic acids is 1. The Bertz CT molecular complexity index is 864. The van der Waals surface area contributed by atoms with Crippen molar-refractivity contribution in [3.8, 4) is 0 Å². The van der Waals surface area contributed by atoms with E-state index in [1.807, 2.05) is 0 Å². The highest BCUT2D eigenvalue weighted by atomic mass is 32.2. The molecule has 122 valence electrons. The van der Waals surface area contributed by atoms with Crippen LogP contribution in [0.1, 0.15) is 21.5 Å². The maximum Gasteiger partial charge on any atom is 0.255 e. The highest BCUT2D eigenvalue weighted by Gasteiger charge is 2.19. The van der Waals surface area contributed by atoms with Gasteiger partial charge in [0.15, 0.2) is 0 Å². The fourth-order valence-electron chi connectivity index (χ4n) is 2.12. The maximum absolute atomic E-state index is 13.2. The minimum Gasteiger partial charge on any atom is -0.322 e. The van der Waals surface area contributed by atoms with E-state index in [1.54, 1.807) is 26.0 Å². The zero-order chi connectivity index (χ0) is 17.2. The van der Waals surface area contributed by atoms with Gasteiger partial charge in [-0.25, -0.2) is 17.5 Å². The number of carbonyl (C=O) groups is 1. The molecule has 2 rings (SSSR count). The molecule has 0 atom stereocenters. The third-order valence-electron chi connectivity index (χ3n) is 3.52. The fourth-order valence-corrected chi connectivity index (χ4v) is 3.18. The Morgan fingerprint density at radius 3 is 2.43 bits per heavy atom. The molecule has 0 spiro atoms. The molecule has 7 heteroatoms. The Balaban J connectivity index is 2.42. The first-order chi connectivity index (χ1) is 10.7. The Morgan fingerprint density at radius 2 is 1.83 bits per heavy atom.